The quantitative estimate of drug-likeness (QED) is 0.703. The van der Waals surface area contributed by atoms with Crippen molar-refractivity contribution in [1.82, 2.24) is 0 Å². The minimum atomic E-state index is 0.715. The third kappa shape index (κ3) is 4.13. The highest BCUT2D eigenvalue weighted by atomic mass is 16.5. The summed E-state index contributed by atoms with van der Waals surface area (Å²) in [4.78, 5) is 0. The van der Waals surface area contributed by atoms with Crippen LogP contribution >= 0.6 is 0 Å². The zero-order chi connectivity index (χ0) is 11.8. The lowest BCUT2D eigenvalue weighted by atomic mass is 10.2. The zero-order valence-corrected chi connectivity index (χ0v) is 10.7. The summed E-state index contributed by atoms with van der Waals surface area (Å²) in [7, 11) is 0. The lowest BCUT2D eigenvalue weighted by Crippen LogP contribution is -2.04. The first kappa shape index (κ1) is 12.9. The summed E-state index contributed by atoms with van der Waals surface area (Å²) >= 11 is 0. The van der Waals surface area contributed by atoms with Crippen LogP contribution in [0.3, 0.4) is 0 Å². The van der Waals surface area contributed by atoms with Crippen molar-refractivity contribution in [3.63, 3.8) is 0 Å². The molecule has 0 saturated heterocycles. The fraction of sp³-hybridized carbons (Fsp3) is 0.571. The summed E-state index contributed by atoms with van der Waals surface area (Å²) in [5.74, 6) is 0.963. The molecule has 0 aliphatic carbocycles. The van der Waals surface area contributed by atoms with Crippen molar-refractivity contribution in [3.05, 3.63) is 23.8 Å². The first-order valence-corrected chi connectivity index (χ1v) is 6.25. The SMILES string of the molecule is CCCCCNc1cc(C)ccc1OCC. The molecule has 0 unspecified atom stereocenters. The number of hydrogen-bond donors (Lipinski definition) is 1. The van der Waals surface area contributed by atoms with E-state index in [0.29, 0.717) is 6.61 Å². The molecule has 0 atom stereocenters. The van der Waals surface area contributed by atoms with E-state index in [1.54, 1.807) is 0 Å². The van der Waals surface area contributed by atoms with Crippen molar-refractivity contribution >= 4 is 5.69 Å². The van der Waals surface area contributed by atoms with Crippen molar-refractivity contribution in [1.29, 1.82) is 0 Å². The van der Waals surface area contributed by atoms with Gasteiger partial charge in [-0.2, -0.15) is 0 Å². The lowest BCUT2D eigenvalue weighted by Gasteiger charge is -2.13. The van der Waals surface area contributed by atoms with Crippen molar-refractivity contribution in [2.24, 2.45) is 0 Å². The second kappa shape index (κ2) is 7.15. The molecule has 0 amide bonds. The molecule has 16 heavy (non-hydrogen) atoms. The monoisotopic (exact) mass is 221 g/mol. The maximum Gasteiger partial charge on any atom is 0.142 e. The average molecular weight is 221 g/mol. The molecule has 1 aromatic carbocycles. The zero-order valence-electron chi connectivity index (χ0n) is 10.7. The Balaban J connectivity index is 2.57. The Bertz CT molecular complexity index is 310. The Morgan fingerprint density at radius 1 is 1.19 bits per heavy atom. The average Bonchev–Trinajstić information content (AvgIpc) is 2.28. The highest BCUT2D eigenvalue weighted by Gasteiger charge is 2.02. The van der Waals surface area contributed by atoms with Gasteiger partial charge in [0.2, 0.25) is 0 Å². The lowest BCUT2D eigenvalue weighted by molar-refractivity contribution is 0.341. The maximum atomic E-state index is 5.59. The van der Waals surface area contributed by atoms with Gasteiger partial charge in [-0.05, 0) is 38.0 Å². The Morgan fingerprint density at radius 2 is 2.00 bits per heavy atom. The van der Waals surface area contributed by atoms with E-state index >= 15 is 0 Å². The third-order valence-corrected chi connectivity index (χ3v) is 2.53. The molecular formula is C14H23NO. The fourth-order valence-corrected chi connectivity index (χ4v) is 1.66. The number of rotatable bonds is 7. The Hall–Kier alpha value is -1.18. The van der Waals surface area contributed by atoms with Gasteiger partial charge in [-0.15, -0.1) is 0 Å². The number of ether oxygens (including phenoxy) is 1. The summed E-state index contributed by atoms with van der Waals surface area (Å²) in [6.45, 7) is 8.08. The molecule has 0 radical (unpaired) electrons. The van der Waals surface area contributed by atoms with Crippen LogP contribution in [0.4, 0.5) is 5.69 Å². The second-order valence-corrected chi connectivity index (χ2v) is 4.07. The summed E-state index contributed by atoms with van der Waals surface area (Å²) in [6, 6.07) is 6.28. The Labute approximate surface area is 99.0 Å². The maximum absolute atomic E-state index is 5.59. The van der Waals surface area contributed by atoms with E-state index < -0.39 is 0 Å². The standard InChI is InChI=1S/C14H23NO/c1-4-6-7-10-15-13-11-12(3)8-9-14(13)16-5-2/h8-9,11,15H,4-7,10H2,1-3H3. The van der Waals surface area contributed by atoms with Crippen LogP contribution in [0.2, 0.25) is 0 Å². The molecule has 1 rings (SSSR count). The van der Waals surface area contributed by atoms with Gasteiger partial charge in [-0.25, -0.2) is 0 Å². The molecule has 0 aliphatic rings. The minimum absolute atomic E-state index is 0.715. The summed E-state index contributed by atoms with van der Waals surface area (Å²) in [5, 5.41) is 3.45. The molecule has 0 bridgehead atoms. The van der Waals surface area contributed by atoms with E-state index in [1.807, 2.05) is 13.0 Å². The van der Waals surface area contributed by atoms with Gasteiger partial charge in [0, 0.05) is 6.54 Å². The van der Waals surface area contributed by atoms with E-state index in [4.69, 9.17) is 4.74 Å². The molecule has 2 nitrogen and oxygen atoms in total. The largest absolute Gasteiger partial charge is 0.492 e. The highest BCUT2D eigenvalue weighted by Crippen LogP contribution is 2.25. The van der Waals surface area contributed by atoms with Gasteiger partial charge in [0.1, 0.15) is 5.75 Å². The van der Waals surface area contributed by atoms with Gasteiger partial charge in [-0.1, -0.05) is 25.8 Å². The van der Waals surface area contributed by atoms with Crippen LogP contribution in [0.5, 0.6) is 5.75 Å². The highest BCUT2D eigenvalue weighted by molar-refractivity contribution is 5.57. The minimum Gasteiger partial charge on any atom is -0.492 e. The van der Waals surface area contributed by atoms with Crippen LogP contribution < -0.4 is 10.1 Å². The molecule has 0 spiro atoms. The van der Waals surface area contributed by atoms with E-state index in [0.717, 1.165) is 18.0 Å². The number of hydrogen-bond acceptors (Lipinski definition) is 2. The summed E-state index contributed by atoms with van der Waals surface area (Å²) in [6.07, 6.45) is 3.76. The predicted molar refractivity (Wildman–Crippen MR) is 70.4 cm³/mol. The topological polar surface area (TPSA) is 21.3 Å². The van der Waals surface area contributed by atoms with E-state index in [2.05, 4.69) is 31.3 Å². The molecular weight excluding hydrogens is 198 g/mol. The fourth-order valence-electron chi connectivity index (χ4n) is 1.66. The first-order valence-electron chi connectivity index (χ1n) is 6.25. The molecule has 2 heteroatoms. The normalized spacial score (nSPS) is 10.2. The van der Waals surface area contributed by atoms with Gasteiger partial charge in [0.05, 0.1) is 12.3 Å². The van der Waals surface area contributed by atoms with Crippen molar-refractivity contribution in [2.75, 3.05) is 18.5 Å². The molecule has 90 valence electrons. The van der Waals surface area contributed by atoms with E-state index in [-0.39, 0.29) is 0 Å². The van der Waals surface area contributed by atoms with Crippen molar-refractivity contribution in [3.8, 4) is 5.75 Å². The third-order valence-electron chi connectivity index (χ3n) is 2.53. The molecule has 0 heterocycles. The number of aryl methyl sites for hydroxylation is 1. The van der Waals surface area contributed by atoms with Crippen molar-refractivity contribution < 1.29 is 4.74 Å². The number of unbranched alkanes of at least 4 members (excludes halogenated alkanes) is 2. The molecule has 0 fully saturated rings. The van der Waals surface area contributed by atoms with Gasteiger partial charge in [0.25, 0.3) is 0 Å². The molecule has 0 saturated carbocycles. The van der Waals surface area contributed by atoms with Gasteiger partial charge >= 0.3 is 0 Å². The van der Waals surface area contributed by atoms with Crippen LogP contribution in [0.25, 0.3) is 0 Å². The van der Waals surface area contributed by atoms with Gasteiger partial charge < -0.3 is 10.1 Å². The number of nitrogens with one attached hydrogen (secondary N) is 1. The number of anilines is 1. The van der Waals surface area contributed by atoms with Gasteiger partial charge in [0.15, 0.2) is 0 Å². The Kier molecular flexibility index (Phi) is 5.76. The second-order valence-electron chi connectivity index (χ2n) is 4.07. The van der Waals surface area contributed by atoms with E-state index in [1.165, 1.54) is 24.8 Å². The van der Waals surface area contributed by atoms with Gasteiger partial charge in [-0.3, -0.25) is 0 Å². The van der Waals surface area contributed by atoms with Crippen LogP contribution in [0, 0.1) is 6.92 Å². The summed E-state index contributed by atoms with van der Waals surface area (Å²) < 4.78 is 5.59. The molecule has 0 aromatic heterocycles. The molecule has 1 N–H and O–H groups in total. The van der Waals surface area contributed by atoms with Crippen molar-refractivity contribution in [2.45, 2.75) is 40.0 Å². The van der Waals surface area contributed by atoms with Crippen LogP contribution in [0.1, 0.15) is 38.7 Å². The Morgan fingerprint density at radius 3 is 2.69 bits per heavy atom. The van der Waals surface area contributed by atoms with Crippen LogP contribution in [-0.4, -0.2) is 13.2 Å². The first-order chi connectivity index (χ1) is 7.77. The van der Waals surface area contributed by atoms with Crippen LogP contribution in [0.15, 0.2) is 18.2 Å². The van der Waals surface area contributed by atoms with E-state index in [9.17, 15) is 0 Å². The summed E-state index contributed by atoms with van der Waals surface area (Å²) in [5.41, 5.74) is 2.39. The smallest absolute Gasteiger partial charge is 0.142 e. The van der Waals surface area contributed by atoms with Crippen LogP contribution in [-0.2, 0) is 0 Å². The molecule has 1 aromatic rings. The number of benzene rings is 1. The predicted octanol–water partition coefficient (Wildman–Crippen LogP) is 4.00. The molecule has 0 aliphatic heterocycles.